The van der Waals surface area contributed by atoms with Gasteiger partial charge in [0.05, 0.1) is 6.04 Å². The fourth-order valence-corrected chi connectivity index (χ4v) is 3.69. The number of hydrogen-bond donors (Lipinski definition) is 1. The quantitative estimate of drug-likeness (QED) is 0.848. The maximum absolute atomic E-state index is 12.5. The average molecular weight is 273 g/mol. The predicted molar refractivity (Wildman–Crippen MR) is 79.6 cm³/mol. The van der Waals surface area contributed by atoms with Crippen molar-refractivity contribution in [2.24, 2.45) is 11.8 Å². The number of fused-ring (bicyclic) bond motifs is 1. The van der Waals surface area contributed by atoms with Gasteiger partial charge in [0, 0.05) is 39.6 Å². The van der Waals surface area contributed by atoms with Crippen LogP contribution in [0.4, 0.5) is 4.79 Å². The summed E-state index contributed by atoms with van der Waals surface area (Å²) in [7, 11) is 3.67. The number of rotatable bonds is 1. The minimum Gasteiger partial charge on any atom is -0.331 e. The number of urea groups is 1. The summed E-state index contributed by atoms with van der Waals surface area (Å²) in [5.74, 6) is 1.13. The van der Waals surface area contributed by atoms with Gasteiger partial charge in [-0.3, -0.25) is 0 Å². The molecule has 0 bridgehead atoms. The number of carbonyl (C=O) groups is 1. The second-order valence-electron chi connectivity index (χ2n) is 6.21. The average Bonchev–Trinajstić information content (AvgIpc) is 2.99. The first-order valence-corrected chi connectivity index (χ1v) is 7.33. The SMILES string of the molecule is Cc1ccccc1[C@H]1[C@@H]2CNC[C@@H]2CN1C(=O)N(C)C. The molecule has 0 aliphatic carbocycles. The summed E-state index contributed by atoms with van der Waals surface area (Å²) in [5.41, 5.74) is 2.58. The van der Waals surface area contributed by atoms with Crippen molar-refractivity contribution in [2.75, 3.05) is 33.7 Å². The van der Waals surface area contributed by atoms with Crippen LogP contribution in [0.1, 0.15) is 17.2 Å². The highest BCUT2D eigenvalue weighted by Gasteiger charge is 2.47. The molecule has 0 spiro atoms. The first-order valence-electron chi connectivity index (χ1n) is 7.33. The van der Waals surface area contributed by atoms with Crippen LogP contribution in [0.2, 0.25) is 0 Å². The van der Waals surface area contributed by atoms with E-state index < -0.39 is 0 Å². The van der Waals surface area contributed by atoms with Gasteiger partial charge in [0.1, 0.15) is 0 Å². The van der Waals surface area contributed by atoms with Crippen molar-refractivity contribution >= 4 is 6.03 Å². The molecule has 2 aliphatic heterocycles. The largest absolute Gasteiger partial charge is 0.331 e. The van der Waals surface area contributed by atoms with Gasteiger partial charge in [0.15, 0.2) is 0 Å². The summed E-state index contributed by atoms with van der Waals surface area (Å²) >= 11 is 0. The van der Waals surface area contributed by atoms with Gasteiger partial charge in [-0.25, -0.2) is 4.79 Å². The van der Waals surface area contributed by atoms with Gasteiger partial charge < -0.3 is 15.1 Å². The number of hydrogen-bond acceptors (Lipinski definition) is 2. The van der Waals surface area contributed by atoms with E-state index in [1.54, 1.807) is 4.90 Å². The van der Waals surface area contributed by atoms with Crippen molar-refractivity contribution in [1.82, 2.24) is 15.1 Å². The minimum absolute atomic E-state index is 0.132. The van der Waals surface area contributed by atoms with Crippen LogP contribution in [-0.2, 0) is 0 Å². The van der Waals surface area contributed by atoms with E-state index in [2.05, 4.69) is 41.4 Å². The lowest BCUT2D eigenvalue weighted by atomic mass is 9.88. The molecule has 1 aromatic carbocycles. The van der Waals surface area contributed by atoms with Crippen LogP contribution < -0.4 is 5.32 Å². The molecule has 4 heteroatoms. The van der Waals surface area contributed by atoms with E-state index in [0.29, 0.717) is 11.8 Å². The lowest BCUT2D eigenvalue weighted by molar-refractivity contribution is 0.159. The van der Waals surface area contributed by atoms with Gasteiger partial charge in [0.25, 0.3) is 0 Å². The van der Waals surface area contributed by atoms with Gasteiger partial charge in [-0.1, -0.05) is 24.3 Å². The number of benzene rings is 1. The van der Waals surface area contributed by atoms with Crippen molar-refractivity contribution in [3.8, 4) is 0 Å². The summed E-state index contributed by atoms with van der Waals surface area (Å²) in [6, 6.07) is 8.81. The molecular formula is C16H23N3O. The Hall–Kier alpha value is -1.55. The predicted octanol–water partition coefficient (Wildman–Crippen LogP) is 1.87. The number of aryl methyl sites for hydroxylation is 1. The second kappa shape index (κ2) is 5.09. The van der Waals surface area contributed by atoms with Crippen LogP contribution in [0.3, 0.4) is 0 Å². The Morgan fingerprint density at radius 3 is 2.75 bits per heavy atom. The molecule has 4 nitrogen and oxygen atoms in total. The summed E-state index contributed by atoms with van der Waals surface area (Å²) in [5, 5.41) is 3.48. The zero-order chi connectivity index (χ0) is 14.3. The third kappa shape index (κ3) is 2.08. The number of nitrogens with one attached hydrogen (secondary N) is 1. The first kappa shape index (κ1) is 13.4. The topological polar surface area (TPSA) is 35.6 Å². The van der Waals surface area contributed by atoms with Gasteiger partial charge in [0.2, 0.25) is 0 Å². The van der Waals surface area contributed by atoms with E-state index in [9.17, 15) is 4.79 Å². The van der Waals surface area contributed by atoms with Crippen LogP contribution in [-0.4, -0.2) is 49.6 Å². The normalized spacial score (nSPS) is 28.6. The molecule has 2 fully saturated rings. The Balaban J connectivity index is 1.98. The standard InChI is InChI=1S/C16H23N3O/c1-11-6-4-5-7-13(11)15-14-9-17-8-12(14)10-19(15)16(20)18(2)3/h4-7,12,14-15,17H,8-10H2,1-3H3/t12-,14-,15+/m1/s1. The van der Waals surface area contributed by atoms with E-state index >= 15 is 0 Å². The van der Waals surface area contributed by atoms with Crippen LogP contribution in [0, 0.1) is 18.8 Å². The molecule has 1 aromatic rings. The Bertz CT molecular complexity index is 514. The number of carbonyl (C=O) groups excluding carboxylic acids is 1. The van der Waals surface area contributed by atoms with E-state index in [4.69, 9.17) is 0 Å². The summed E-state index contributed by atoms with van der Waals surface area (Å²) < 4.78 is 0. The maximum Gasteiger partial charge on any atom is 0.320 e. The zero-order valence-corrected chi connectivity index (χ0v) is 12.5. The van der Waals surface area contributed by atoms with Crippen molar-refractivity contribution < 1.29 is 4.79 Å². The summed E-state index contributed by atoms with van der Waals surface area (Å²) in [4.78, 5) is 16.3. The van der Waals surface area contributed by atoms with Gasteiger partial charge in [-0.05, 0) is 24.0 Å². The second-order valence-corrected chi connectivity index (χ2v) is 6.21. The van der Waals surface area contributed by atoms with Crippen molar-refractivity contribution in [2.45, 2.75) is 13.0 Å². The minimum atomic E-state index is 0.132. The molecule has 2 heterocycles. The lowest BCUT2D eigenvalue weighted by Gasteiger charge is -2.31. The Labute approximate surface area is 120 Å². The van der Waals surface area contributed by atoms with Crippen molar-refractivity contribution in [3.05, 3.63) is 35.4 Å². The molecule has 0 saturated carbocycles. The molecule has 3 rings (SSSR count). The van der Waals surface area contributed by atoms with Gasteiger partial charge in [-0.15, -0.1) is 0 Å². The van der Waals surface area contributed by atoms with Crippen LogP contribution in [0.5, 0.6) is 0 Å². The fraction of sp³-hybridized carbons (Fsp3) is 0.562. The molecule has 2 amide bonds. The lowest BCUT2D eigenvalue weighted by Crippen LogP contribution is -2.41. The number of likely N-dealkylation sites (tertiary alicyclic amines) is 1. The van der Waals surface area contributed by atoms with Crippen molar-refractivity contribution in [3.63, 3.8) is 0 Å². The maximum atomic E-state index is 12.5. The van der Waals surface area contributed by atoms with Gasteiger partial charge in [-0.2, -0.15) is 0 Å². The van der Waals surface area contributed by atoms with Gasteiger partial charge >= 0.3 is 6.03 Å². The number of amides is 2. The molecule has 108 valence electrons. The fourth-order valence-electron chi connectivity index (χ4n) is 3.69. The molecule has 20 heavy (non-hydrogen) atoms. The van der Waals surface area contributed by atoms with E-state index in [0.717, 1.165) is 19.6 Å². The highest BCUT2D eigenvalue weighted by atomic mass is 16.2. The van der Waals surface area contributed by atoms with E-state index in [1.807, 2.05) is 14.1 Å². The first-order chi connectivity index (χ1) is 9.59. The molecule has 0 unspecified atom stereocenters. The number of nitrogens with zero attached hydrogens (tertiary/aromatic N) is 2. The van der Waals surface area contributed by atoms with Crippen LogP contribution in [0.25, 0.3) is 0 Å². The molecular weight excluding hydrogens is 250 g/mol. The molecule has 0 radical (unpaired) electrons. The molecule has 1 N–H and O–H groups in total. The molecule has 2 aliphatic rings. The highest BCUT2D eigenvalue weighted by molar-refractivity contribution is 5.75. The van der Waals surface area contributed by atoms with Crippen LogP contribution in [0.15, 0.2) is 24.3 Å². The smallest absolute Gasteiger partial charge is 0.320 e. The summed E-state index contributed by atoms with van der Waals surface area (Å²) in [6.07, 6.45) is 0. The highest BCUT2D eigenvalue weighted by Crippen LogP contribution is 2.43. The van der Waals surface area contributed by atoms with Crippen LogP contribution >= 0.6 is 0 Å². The Morgan fingerprint density at radius 1 is 1.30 bits per heavy atom. The monoisotopic (exact) mass is 273 g/mol. The zero-order valence-electron chi connectivity index (χ0n) is 12.5. The van der Waals surface area contributed by atoms with E-state index in [-0.39, 0.29) is 12.1 Å². The molecule has 2 saturated heterocycles. The van der Waals surface area contributed by atoms with E-state index in [1.165, 1.54) is 11.1 Å². The summed E-state index contributed by atoms with van der Waals surface area (Å²) in [6.45, 7) is 5.06. The van der Waals surface area contributed by atoms with Crippen molar-refractivity contribution in [1.29, 1.82) is 0 Å². The third-order valence-corrected chi connectivity index (χ3v) is 4.70. The Morgan fingerprint density at radius 2 is 2.05 bits per heavy atom. The Kier molecular flexibility index (Phi) is 3.42. The molecule has 3 atom stereocenters. The molecule has 0 aromatic heterocycles. The third-order valence-electron chi connectivity index (χ3n) is 4.70.